The first-order chi connectivity index (χ1) is 27.7. The van der Waals surface area contributed by atoms with Crippen LogP contribution in [0.15, 0.2) is 59.6 Å². The van der Waals surface area contributed by atoms with E-state index in [-0.39, 0.29) is 51.9 Å². The second kappa shape index (κ2) is 19.9. The van der Waals surface area contributed by atoms with E-state index in [0.717, 1.165) is 36.1 Å². The Balaban J connectivity index is 1.46. The predicted molar refractivity (Wildman–Crippen MR) is 242 cm³/mol. The van der Waals surface area contributed by atoms with Crippen molar-refractivity contribution in [3.8, 4) is 5.75 Å². The van der Waals surface area contributed by atoms with E-state index in [2.05, 4.69) is 80.1 Å². The third kappa shape index (κ3) is 12.6. The number of benzene rings is 3. The molecule has 0 unspecified atom stereocenters. The van der Waals surface area contributed by atoms with Gasteiger partial charge in [0, 0.05) is 48.4 Å². The minimum Gasteiger partial charge on any atom is -0.493 e. The summed E-state index contributed by atoms with van der Waals surface area (Å²) in [5.74, 6) is -0.395. The molecule has 3 N–H and O–H groups in total. The molecule has 3 aromatic rings. The van der Waals surface area contributed by atoms with Gasteiger partial charge < -0.3 is 20.3 Å². The zero-order chi connectivity index (χ0) is 43.8. The molecule has 2 amide bonds. The Bertz CT molecular complexity index is 2140. The quantitative estimate of drug-likeness (QED) is 0.0519. The van der Waals surface area contributed by atoms with Gasteiger partial charge in [0.05, 0.1) is 29.3 Å². The number of ketones is 1. The number of hydrogen-bond donors (Lipinski definition) is 3. The summed E-state index contributed by atoms with van der Waals surface area (Å²) in [6.45, 7) is 20.8. The number of amides is 2. The van der Waals surface area contributed by atoms with Crippen molar-refractivity contribution in [2.45, 2.75) is 118 Å². The number of sulfonamides is 1. The van der Waals surface area contributed by atoms with E-state index in [1.54, 1.807) is 24.3 Å². The molecule has 0 heterocycles. The third-order valence-corrected chi connectivity index (χ3v) is 13.0. The van der Waals surface area contributed by atoms with Crippen LogP contribution in [0.25, 0.3) is 0 Å². The molecule has 59 heavy (non-hydrogen) atoms. The molecule has 1 saturated carbocycles. The first kappa shape index (κ1) is 47.4. The van der Waals surface area contributed by atoms with Crippen molar-refractivity contribution < 1.29 is 27.5 Å². The summed E-state index contributed by atoms with van der Waals surface area (Å²) in [6, 6.07) is 16.8. The number of ether oxygens (including phenoxy) is 1. The first-order valence-electron chi connectivity index (χ1n) is 20.8. The monoisotopic (exact) mass is 849 g/mol. The minimum absolute atomic E-state index is 0.0518. The number of rotatable bonds is 22. The first-order valence-corrected chi connectivity index (χ1v) is 23.1. The summed E-state index contributed by atoms with van der Waals surface area (Å²) in [6.07, 6.45) is 5.75. The molecule has 1 aliphatic rings. The van der Waals surface area contributed by atoms with E-state index in [9.17, 15) is 22.8 Å². The van der Waals surface area contributed by atoms with Crippen LogP contribution in [-0.4, -0.2) is 64.2 Å². The Kier molecular flexibility index (Phi) is 16.0. The Morgan fingerprint density at radius 2 is 1.61 bits per heavy atom. The molecular formula is C46H64ClN5O6S. The van der Waals surface area contributed by atoms with Crippen LogP contribution in [0, 0.1) is 12.3 Å². The summed E-state index contributed by atoms with van der Waals surface area (Å²) in [5.41, 5.74) is 4.30. The molecule has 0 radical (unpaired) electrons. The maximum Gasteiger partial charge on any atom is 0.278 e. The van der Waals surface area contributed by atoms with E-state index in [1.807, 2.05) is 37.8 Å². The average Bonchev–Trinajstić information content (AvgIpc) is 4.00. The van der Waals surface area contributed by atoms with Crippen LogP contribution in [0.4, 0.5) is 22.7 Å². The molecule has 1 aliphatic carbocycles. The predicted octanol–water partition coefficient (Wildman–Crippen LogP) is 9.67. The zero-order valence-electron chi connectivity index (χ0n) is 36.6. The third-order valence-electron chi connectivity index (χ3n) is 11.9. The molecule has 11 nitrogen and oxygen atoms in total. The fraction of sp³-hybridized carbons (Fsp3) is 0.522. The molecule has 1 fully saturated rings. The number of aryl methyl sites for hydroxylation is 1. The fourth-order valence-electron chi connectivity index (χ4n) is 6.78. The van der Waals surface area contributed by atoms with Crippen molar-refractivity contribution in [3.63, 3.8) is 0 Å². The van der Waals surface area contributed by atoms with E-state index in [4.69, 9.17) is 16.3 Å². The van der Waals surface area contributed by atoms with Gasteiger partial charge >= 0.3 is 0 Å². The summed E-state index contributed by atoms with van der Waals surface area (Å²) in [7, 11) is -3.32. The van der Waals surface area contributed by atoms with Crippen LogP contribution in [0.5, 0.6) is 5.75 Å². The maximum atomic E-state index is 14.0. The molecule has 322 valence electrons. The molecule has 3 aromatic carbocycles. The normalized spacial score (nSPS) is 14.1. The van der Waals surface area contributed by atoms with Crippen molar-refractivity contribution in [1.29, 1.82) is 0 Å². The van der Waals surface area contributed by atoms with Gasteiger partial charge in [0.1, 0.15) is 5.75 Å². The summed E-state index contributed by atoms with van der Waals surface area (Å²) < 4.78 is 31.9. The molecule has 13 heteroatoms. The molecule has 0 spiro atoms. The molecule has 0 saturated heterocycles. The Morgan fingerprint density at radius 1 is 0.915 bits per heavy atom. The molecular weight excluding hydrogens is 786 g/mol. The van der Waals surface area contributed by atoms with Crippen LogP contribution < -0.4 is 25.0 Å². The van der Waals surface area contributed by atoms with E-state index in [0.29, 0.717) is 56.8 Å². The number of aliphatic imine (C=N–C) groups is 1. The highest BCUT2D eigenvalue weighted by Crippen LogP contribution is 2.50. The number of nitrogens with zero attached hydrogens (tertiary/aromatic N) is 2. The van der Waals surface area contributed by atoms with E-state index in [1.165, 1.54) is 11.1 Å². The van der Waals surface area contributed by atoms with Gasteiger partial charge in [0.15, 0.2) is 11.5 Å². The van der Waals surface area contributed by atoms with Crippen LogP contribution in [0.3, 0.4) is 0 Å². The number of carbonyl (C=O) groups is 3. The topological polar surface area (TPSA) is 146 Å². The van der Waals surface area contributed by atoms with Gasteiger partial charge in [-0.05, 0) is 117 Å². The average molecular weight is 851 g/mol. The van der Waals surface area contributed by atoms with Crippen molar-refractivity contribution in [1.82, 2.24) is 4.72 Å². The van der Waals surface area contributed by atoms with Gasteiger partial charge in [-0.25, -0.2) is 18.1 Å². The number of hydrogen-bond acceptors (Lipinski definition) is 8. The maximum absolute atomic E-state index is 14.0. The summed E-state index contributed by atoms with van der Waals surface area (Å²) in [4.78, 5) is 47.7. The zero-order valence-corrected chi connectivity index (χ0v) is 38.2. The van der Waals surface area contributed by atoms with Crippen LogP contribution >= 0.6 is 11.6 Å². The second-order valence-electron chi connectivity index (χ2n) is 17.0. The lowest BCUT2D eigenvalue weighted by Crippen LogP contribution is -2.35. The lowest BCUT2D eigenvalue weighted by atomic mass is 9.76. The molecule has 0 atom stereocenters. The number of nitrogens with one attached hydrogen (secondary N) is 3. The Hall–Kier alpha value is -4.26. The Labute approximate surface area is 357 Å². The SMILES string of the molecule is CCN(CCNS(C)(=O)=O)c1ccc(N=C(C(=O)Nc2cc(NC(=O)CCCOc3ccc(C(C)(C)CC)cc3C(C)(C)CC)ccc2Cl)C(=O)C2(CC)CC2)c(C)c1. The Morgan fingerprint density at radius 3 is 2.20 bits per heavy atom. The van der Waals surface area contributed by atoms with Gasteiger partial charge in [0.2, 0.25) is 15.9 Å². The fourth-order valence-corrected chi connectivity index (χ4v) is 7.41. The van der Waals surface area contributed by atoms with Gasteiger partial charge in [-0.15, -0.1) is 0 Å². The van der Waals surface area contributed by atoms with Crippen LogP contribution in [0.1, 0.15) is 117 Å². The van der Waals surface area contributed by atoms with E-state index < -0.39 is 21.3 Å². The highest BCUT2D eigenvalue weighted by atomic mass is 35.5. The largest absolute Gasteiger partial charge is 0.493 e. The van der Waals surface area contributed by atoms with Gasteiger partial charge in [-0.3, -0.25) is 14.4 Å². The van der Waals surface area contributed by atoms with Crippen molar-refractivity contribution in [2.75, 3.05) is 48.0 Å². The highest BCUT2D eigenvalue weighted by molar-refractivity contribution is 7.88. The van der Waals surface area contributed by atoms with Crippen LogP contribution in [0.2, 0.25) is 5.02 Å². The molecule has 4 rings (SSSR count). The molecule has 0 aromatic heterocycles. The minimum atomic E-state index is -3.32. The summed E-state index contributed by atoms with van der Waals surface area (Å²) in [5, 5.41) is 5.93. The second-order valence-corrected chi connectivity index (χ2v) is 19.2. The van der Waals surface area contributed by atoms with Crippen molar-refractivity contribution >= 4 is 67.7 Å². The smallest absolute Gasteiger partial charge is 0.278 e. The summed E-state index contributed by atoms with van der Waals surface area (Å²) >= 11 is 6.55. The standard InChI is InChI=1S/C46H64ClN5O6S/c1-11-44(6,7)32-17-22-39(35(29-32)45(8,9)12-2)58-27-15-16-40(53)49-33-18-20-36(47)38(30-33)51-43(55)41(42(54)46(13-3)23-24-46)50-37-21-19-34(28-31(37)5)52(14-4)26-25-48-59(10,56)57/h17-22,28-30,48H,11-16,23-27H2,1-10H3,(H,49,53)(H,51,55). The lowest BCUT2D eigenvalue weighted by molar-refractivity contribution is -0.119. The lowest BCUT2D eigenvalue weighted by Gasteiger charge is -2.30. The van der Waals surface area contributed by atoms with Crippen molar-refractivity contribution in [3.05, 3.63) is 76.3 Å². The molecule has 0 bridgehead atoms. The van der Waals surface area contributed by atoms with Gasteiger partial charge in [-0.1, -0.05) is 72.2 Å². The highest BCUT2D eigenvalue weighted by Gasteiger charge is 2.50. The number of anilines is 3. The number of Topliss-reactive ketones (excluding diaryl/α,β-unsaturated/α-hetero) is 1. The molecule has 0 aliphatic heterocycles. The van der Waals surface area contributed by atoms with E-state index >= 15 is 0 Å². The van der Waals surface area contributed by atoms with Crippen LogP contribution in [-0.2, 0) is 35.2 Å². The number of carbonyl (C=O) groups excluding carboxylic acids is 3. The van der Waals surface area contributed by atoms with Gasteiger partial charge in [-0.2, -0.15) is 0 Å². The number of halogens is 1. The van der Waals surface area contributed by atoms with Gasteiger partial charge in [0.25, 0.3) is 5.91 Å². The number of likely N-dealkylation sites (N-methyl/N-ethyl adjacent to an activating group) is 1. The van der Waals surface area contributed by atoms with Crippen molar-refractivity contribution in [2.24, 2.45) is 10.4 Å².